The lowest BCUT2D eigenvalue weighted by Gasteiger charge is -2.34. The molecule has 2 aliphatic rings. The number of benzene rings is 2. The van der Waals surface area contributed by atoms with E-state index in [9.17, 15) is 10.1 Å². The van der Waals surface area contributed by atoms with E-state index in [4.69, 9.17) is 4.74 Å². The Kier molecular flexibility index (Phi) is 6.66. The van der Waals surface area contributed by atoms with Crippen LogP contribution in [0.25, 0.3) is 0 Å². The Morgan fingerprint density at radius 1 is 0.967 bits per heavy atom. The van der Waals surface area contributed by atoms with Gasteiger partial charge in [0.15, 0.2) is 0 Å². The highest BCUT2D eigenvalue weighted by atomic mass is 16.5. The third kappa shape index (κ3) is 4.66. The highest BCUT2D eigenvalue weighted by Gasteiger charge is 2.35. The van der Waals surface area contributed by atoms with Gasteiger partial charge in [-0.15, -0.1) is 0 Å². The smallest absolute Gasteiger partial charge is 0.272 e. The van der Waals surface area contributed by atoms with Crippen LogP contribution in [-0.2, 0) is 4.79 Å². The van der Waals surface area contributed by atoms with E-state index < -0.39 is 6.10 Å². The first kappa shape index (κ1) is 20.4. The number of piperidine rings is 1. The third-order valence-corrected chi connectivity index (χ3v) is 6.01. The molecule has 0 bridgehead atoms. The number of rotatable bonds is 7. The number of nitriles is 1. The second kappa shape index (κ2) is 9.77. The van der Waals surface area contributed by atoms with Crippen molar-refractivity contribution in [2.24, 2.45) is 0 Å². The van der Waals surface area contributed by atoms with Crippen LogP contribution in [0.1, 0.15) is 55.8 Å². The number of carbonyl (C=O) groups is 1. The molecular formula is C25H29N3O2. The minimum atomic E-state index is -0.707. The van der Waals surface area contributed by atoms with Crippen LogP contribution in [-0.4, -0.2) is 37.0 Å². The molecule has 0 aromatic heterocycles. The van der Waals surface area contributed by atoms with E-state index >= 15 is 0 Å². The summed E-state index contributed by atoms with van der Waals surface area (Å²) in [7, 11) is 0. The first-order chi connectivity index (χ1) is 14.8. The molecule has 0 spiro atoms. The number of para-hydroxylation sites is 2. The maximum atomic E-state index is 13.3. The quantitative estimate of drug-likeness (QED) is 0.630. The van der Waals surface area contributed by atoms with Crippen molar-refractivity contribution in [1.29, 1.82) is 5.26 Å². The van der Waals surface area contributed by atoms with Crippen LogP contribution >= 0.6 is 0 Å². The Balaban J connectivity index is 1.41. The molecule has 5 heteroatoms. The van der Waals surface area contributed by atoms with Crippen LogP contribution in [0.15, 0.2) is 48.5 Å². The fraction of sp³-hybridized carbons (Fsp3) is 0.440. The van der Waals surface area contributed by atoms with Crippen molar-refractivity contribution in [2.45, 2.75) is 44.6 Å². The zero-order valence-electron chi connectivity index (χ0n) is 17.4. The summed E-state index contributed by atoms with van der Waals surface area (Å²) >= 11 is 0. The molecule has 2 aromatic rings. The van der Waals surface area contributed by atoms with E-state index in [1.165, 1.54) is 38.8 Å². The van der Waals surface area contributed by atoms with Gasteiger partial charge in [0.1, 0.15) is 5.75 Å². The van der Waals surface area contributed by atoms with Crippen LogP contribution in [0.4, 0.5) is 5.69 Å². The Morgan fingerprint density at radius 3 is 2.60 bits per heavy atom. The van der Waals surface area contributed by atoms with Gasteiger partial charge in [0.25, 0.3) is 5.91 Å². The maximum Gasteiger partial charge on any atom is 0.272 e. The topological polar surface area (TPSA) is 56.6 Å². The molecule has 1 atom stereocenters. The molecule has 156 valence electrons. The van der Waals surface area contributed by atoms with E-state index in [0.29, 0.717) is 12.1 Å². The number of unbranched alkanes of at least 4 members (excludes halogenated alkanes) is 2. The van der Waals surface area contributed by atoms with E-state index in [2.05, 4.69) is 11.0 Å². The van der Waals surface area contributed by atoms with Gasteiger partial charge >= 0.3 is 0 Å². The predicted octanol–water partition coefficient (Wildman–Crippen LogP) is 4.68. The molecule has 0 saturated carbocycles. The normalized spacial score (nSPS) is 19.1. The minimum absolute atomic E-state index is 0.0557. The van der Waals surface area contributed by atoms with Gasteiger partial charge in [0, 0.05) is 12.1 Å². The second-order valence-corrected chi connectivity index (χ2v) is 8.16. The molecular weight excluding hydrogens is 374 g/mol. The molecule has 2 aliphatic heterocycles. The summed E-state index contributed by atoms with van der Waals surface area (Å²) in [6, 6.07) is 17.0. The van der Waals surface area contributed by atoms with Gasteiger partial charge in [-0.05, 0) is 69.6 Å². The second-order valence-electron chi connectivity index (χ2n) is 8.16. The number of hydrogen-bond acceptors (Lipinski definition) is 4. The lowest BCUT2D eigenvalue weighted by molar-refractivity contribution is -0.126. The van der Waals surface area contributed by atoms with Gasteiger partial charge in [-0.1, -0.05) is 37.1 Å². The van der Waals surface area contributed by atoms with Crippen molar-refractivity contribution >= 4 is 11.6 Å². The number of likely N-dealkylation sites (tertiary alicyclic amines) is 1. The predicted molar refractivity (Wildman–Crippen MR) is 117 cm³/mol. The molecule has 5 nitrogen and oxygen atoms in total. The number of nitrogens with zero attached hydrogens (tertiary/aromatic N) is 3. The molecule has 2 aromatic carbocycles. The van der Waals surface area contributed by atoms with E-state index in [-0.39, 0.29) is 5.91 Å². The summed E-state index contributed by atoms with van der Waals surface area (Å²) in [6.07, 6.45) is 6.57. The summed E-state index contributed by atoms with van der Waals surface area (Å²) in [5.41, 5.74) is 2.10. The first-order valence-electron chi connectivity index (χ1n) is 11.1. The minimum Gasteiger partial charge on any atom is -0.474 e. The molecule has 0 radical (unpaired) electrons. The van der Waals surface area contributed by atoms with Crippen molar-refractivity contribution < 1.29 is 9.53 Å². The van der Waals surface area contributed by atoms with E-state index in [1.807, 2.05) is 35.2 Å². The van der Waals surface area contributed by atoms with Gasteiger partial charge in [0.2, 0.25) is 6.10 Å². The molecule has 1 unspecified atom stereocenters. The third-order valence-electron chi connectivity index (χ3n) is 6.01. The summed E-state index contributed by atoms with van der Waals surface area (Å²) < 4.78 is 6.06. The summed E-state index contributed by atoms with van der Waals surface area (Å²) in [4.78, 5) is 17.7. The van der Waals surface area contributed by atoms with E-state index in [0.717, 1.165) is 36.4 Å². The van der Waals surface area contributed by atoms with Gasteiger partial charge < -0.3 is 14.5 Å². The molecule has 1 fully saturated rings. The molecule has 0 aliphatic carbocycles. The number of amides is 1. The zero-order chi connectivity index (χ0) is 20.8. The fourth-order valence-electron chi connectivity index (χ4n) is 4.40. The Bertz CT molecular complexity index is 915. The van der Waals surface area contributed by atoms with Crippen molar-refractivity contribution in [3.05, 3.63) is 59.7 Å². The molecule has 0 N–H and O–H groups in total. The van der Waals surface area contributed by atoms with Crippen LogP contribution in [0, 0.1) is 11.3 Å². The SMILES string of the molecule is N#Cc1cccc(C2Oc3ccccc3N(CCCCCN3CCCCC3)C2=O)c1. The van der Waals surface area contributed by atoms with Crippen molar-refractivity contribution in [1.82, 2.24) is 4.90 Å². The highest BCUT2D eigenvalue weighted by Crippen LogP contribution is 2.39. The largest absolute Gasteiger partial charge is 0.474 e. The lowest BCUT2D eigenvalue weighted by atomic mass is 10.0. The maximum absolute atomic E-state index is 13.3. The summed E-state index contributed by atoms with van der Waals surface area (Å²) in [6.45, 7) is 4.32. The monoisotopic (exact) mass is 403 g/mol. The van der Waals surface area contributed by atoms with Crippen LogP contribution < -0.4 is 9.64 Å². The van der Waals surface area contributed by atoms with Gasteiger partial charge in [0.05, 0.1) is 17.3 Å². The van der Waals surface area contributed by atoms with Crippen molar-refractivity contribution in [3.63, 3.8) is 0 Å². The Labute approximate surface area is 178 Å². The number of carbonyl (C=O) groups excluding carboxylic acids is 1. The van der Waals surface area contributed by atoms with Crippen LogP contribution in [0.2, 0.25) is 0 Å². The van der Waals surface area contributed by atoms with Gasteiger partial charge in [-0.25, -0.2) is 0 Å². The number of anilines is 1. The molecule has 2 heterocycles. The molecule has 1 amide bonds. The Hall–Kier alpha value is -2.84. The number of ether oxygens (including phenoxy) is 1. The van der Waals surface area contributed by atoms with Gasteiger partial charge in [-0.2, -0.15) is 5.26 Å². The number of hydrogen-bond donors (Lipinski definition) is 0. The van der Waals surface area contributed by atoms with Gasteiger partial charge in [-0.3, -0.25) is 4.79 Å². The Morgan fingerprint density at radius 2 is 1.77 bits per heavy atom. The fourth-order valence-corrected chi connectivity index (χ4v) is 4.40. The highest BCUT2D eigenvalue weighted by molar-refractivity contribution is 6.00. The molecule has 1 saturated heterocycles. The lowest BCUT2D eigenvalue weighted by Crippen LogP contribution is -2.41. The summed E-state index contributed by atoms with van der Waals surface area (Å²) in [5.74, 6) is 0.664. The molecule has 4 rings (SSSR count). The molecule has 30 heavy (non-hydrogen) atoms. The van der Waals surface area contributed by atoms with Crippen molar-refractivity contribution in [2.75, 3.05) is 31.1 Å². The first-order valence-corrected chi connectivity index (χ1v) is 11.1. The number of fused-ring (bicyclic) bond motifs is 1. The average molecular weight is 404 g/mol. The van der Waals surface area contributed by atoms with Crippen LogP contribution in [0.5, 0.6) is 5.75 Å². The van der Waals surface area contributed by atoms with Crippen LogP contribution in [0.3, 0.4) is 0 Å². The standard InChI is InChI=1S/C25H29N3O2/c26-19-20-10-9-11-21(18-20)24-25(29)28(22-12-3-4-13-23(22)30-24)17-8-2-7-16-27-14-5-1-6-15-27/h3-4,9-13,18,24H,1-2,5-8,14-17H2. The van der Waals surface area contributed by atoms with E-state index in [1.54, 1.807) is 18.2 Å². The zero-order valence-corrected chi connectivity index (χ0v) is 17.4. The average Bonchev–Trinajstić information content (AvgIpc) is 2.80. The van der Waals surface area contributed by atoms with Crippen molar-refractivity contribution in [3.8, 4) is 11.8 Å². The summed E-state index contributed by atoms with van der Waals surface area (Å²) in [5, 5.41) is 9.21.